The fraction of sp³-hybridized carbons (Fsp3) is 0.769. The largest absolute Gasteiger partial charge is 0.480 e. The highest BCUT2D eigenvalue weighted by Crippen LogP contribution is 1.96. The van der Waals surface area contributed by atoms with Crippen molar-refractivity contribution in [3.05, 3.63) is 0 Å². The lowest BCUT2D eigenvalue weighted by atomic mass is 10.1. The molecule has 0 saturated carbocycles. The number of amides is 2. The summed E-state index contributed by atoms with van der Waals surface area (Å²) in [6.45, 7) is 3.26. The van der Waals surface area contributed by atoms with Gasteiger partial charge >= 0.3 is 5.97 Å². The summed E-state index contributed by atoms with van der Waals surface area (Å²) < 4.78 is 0. The van der Waals surface area contributed by atoms with Crippen molar-refractivity contribution in [1.29, 1.82) is 0 Å². The van der Waals surface area contributed by atoms with Gasteiger partial charge in [0.2, 0.25) is 11.8 Å². The molecule has 0 aliphatic carbocycles. The molecule has 8 nitrogen and oxygen atoms in total. The summed E-state index contributed by atoms with van der Waals surface area (Å²) in [6.07, 6.45) is 3.92. The van der Waals surface area contributed by atoms with Gasteiger partial charge in [0, 0.05) is 6.54 Å². The van der Waals surface area contributed by atoms with Crippen LogP contribution >= 0.6 is 0 Å². The molecular formula is C13H28N4O4. The zero-order valence-corrected chi connectivity index (χ0v) is 12.6. The number of rotatable bonds is 10. The summed E-state index contributed by atoms with van der Waals surface area (Å²) in [4.78, 5) is 31.1. The van der Waals surface area contributed by atoms with Crippen LogP contribution in [0.4, 0.5) is 0 Å². The SMILES string of the molecule is CCCCNC(=O)CC(N)=O.NCCCC[C@H](N)C(=O)O. The lowest BCUT2D eigenvalue weighted by molar-refractivity contribution is -0.138. The third-order valence-electron chi connectivity index (χ3n) is 2.47. The molecule has 0 unspecified atom stereocenters. The monoisotopic (exact) mass is 304 g/mol. The number of carbonyl (C=O) groups is 3. The molecule has 0 heterocycles. The Kier molecular flexibility index (Phi) is 15.2. The summed E-state index contributed by atoms with van der Waals surface area (Å²) in [5, 5.41) is 10.9. The van der Waals surface area contributed by atoms with E-state index >= 15 is 0 Å². The highest BCUT2D eigenvalue weighted by atomic mass is 16.4. The number of aliphatic carboxylic acids is 1. The average molecular weight is 304 g/mol. The molecule has 8 heteroatoms. The molecule has 0 aliphatic heterocycles. The number of carboxylic acids is 1. The highest BCUT2D eigenvalue weighted by Gasteiger charge is 2.09. The normalized spacial score (nSPS) is 11.0. The topological polar surface area (TPSA) is 162 Å². The molecule has 0 aromatic rings. The standard InChI is InChI=1S/C7H14N2O2.C6H14N2O2/c1-2-3-4-9-7(11)5-6(8)10;7-4-2-1-3-5(8)6(9)10/h2-5H2,1H3,(H2,8,10)(H,9,11);5H,1-4,7-8H2,(H,9,10)/t;5-/m.0/s1. The van der Waals surface area contributed by atoms with Crippen molar-refractivity contribution in [1.82, 2.24) is 5.32 Å². The minimum atomic E-state index is -0.933. The van der Waals surface area contributed by atoms with Crippen molar-refractivity contribution in [3.8, 4) is 0 Å². The van der Waals surface area contributed by atoms with Crippen LogP contribution in [0.2, 0.25) is 0 Å². The van der Waals surface area contributed by atoms with Gasteiger partial charge in [-0.15, -0.1) is 0 Å². The van der Waals surface area contributed by atoms with E-state index in [0.29, 0.717) is 19.5 Å². The number of primary amides is 1. The smallest absolute Gasteiger partial charge is 0.320 e. The molecular weight excluding hydrogens is 276 g/mol. The summed E-state index contributed by atoms with van der Waals surface area (Å²) in [5.41, 5.74) is 15.2. The second-order valence-electron chi connectivity index (χ2n) is 4.58. The van der Waals surface area contributed by atoms with Crippen LogP contribution < -0.4 is 22.5 Å². The summed E-state index contributed by atoms with van der Waals surface area (Å²) in [7, 11) is 0. The van der Waals surface area contributed by atoms with Crippen LogP contribution in [-0.2, 0) is 14.4 Å². The maximum Gasteiger partial charge on any atom is 0.320 e. The first-order valence-electron chi connectivity index (χ1n) is 7.08. The first-order chi connectivity index (χ1) is 9.84. The van der Waals surface area contributed by atoms with Crippen LogP contribution in [0.25, 0.3) is 0 Å². The van der Waals surface area contributed by atoms with Gasteiger partial charge in [-0.1, -0.05) is 19.8 Å². The maximum atomic E-state index is 10.7. The van der Waals surface area contributed by atoms with Crippen molar-refractivity contribution in [2.75, 3.05) is 13.1 Å². The van der Waals surface area contributed by atoms with Gasteiger partial charge in [-0.25, -0.2) is 0 Å². The molecule has 0 aromatic carbocycles. The van der Waals surface area contributed by atoms with Gasteiger partial charge in [-0.05, 0) is 25.8 Å². The van der Waals surface area contributed by atoms with E-state index in [-0.39, 0.29) is 12.3 Å². The number of unbranched alkanes of at least 4 members (excludes halogenated alkanes) is 2. The van der Waals surface area contributed by atoms with E-state index < -0.39 is 17.9 Å². The van der Waals surface area contributed by atoms with Gasteiger partial charge in [0.1, 0.15) is 12.5 Å². The molecule has 0 saturated heterocycles. The Labute approximate surface area is 125 Å². The zero-order chi connectivity index (χ0) is 16.7. The minimum absolute atomic E-state index is 0.205. The van der Waals surface area contributed by atoms with Gasteiger partial charge in [0.15, 0.2) is 0 Å². The van der Waals surface area contributed by atoms with E-state index in [0.717, 1.165) is 25.7 Å². The van der Waals surface area contributed by atoms with Crippen LogP contribution in [0.3, 0.4) is 0 Å². The molecule has 0 spiro atoms. The molecule has 0 aromatic heterocycles. The minimum Gasteiger partial charge on any atom is -0.480 e. The van der Waals surface area contributed by atoms with Crippen LogP contribution in [0.15, 0.2) is 0 Å². The van der Waals surface area contributed by atoms with Crippen molar-refractivity contribution in [2.45, 2.75) is 51.5 Å². The van der Waals surface area contributed by atoms with E-state index in [1.165, 1.54) is 0 Å². The molecule has 21 heavy (non-hydrogen) atoms. The Hall–Kier alpha value is -1.67. The molecule has 124 valence electrons. The summed E-state index contributed by atoms with van der Waals surface area (Å²) in [6, 6.07) is -0.716. The van der Waals surface area contributed by atoms with Crippen molar-refractivity contribution in [3.63, 3.8) is 0 Å². The highest BCUT2D eigenvalue weighted by molar-refractivity contribution is 5.95. The fourth-order valence-electron chi connectivity index (χ4n) is 1.26. The average Bonchev–Trinajstić information content (AvgIpc) is 2.39. The van der Waals surface area contributed by atoms with E-state index in [1.807, 2.05) is 6.92 Å². The number of hydrogen-bond acceptors (Lipinski definition) is 5. The lowest BCUT2D eigenvalue weighted by Crippen LogP contribution is -2.29. The Morgan fingerprint density at radius 2 is 1.81 bits per heavy atom. The van der Waals surface area contributed by atoms with E-state index in [4.69, 9.17) is 22.3 Å². The lowest BCUT2D eigenvalue weighted by Gasteiger charge is -2.03. The third kappa shape index (κ3) is 18.3. The summed E-state index contributed by atoms with van der Waals surface area (Å²) >= 11 is 0. The Morgan fingerprint density at radius 1 is 1.19 bits per heavy atom. The fourth-order valence-corrected chi connectivity index (χ4v) is 1.26. The van der Waals surface area contributed by atoms with Crippen LogP contribution in [0, 0.1) is 0 Å². The Morgan fingerprint density at radius 3 is 2.24 bits per heavy atom. The van der Waals surface area contributed by atoms with Crippen molar-refractivity contribution in [2.24, 2.45) is 17.2 Å². The molecule has 0 rings (SSSR count). The van der Waals surface area contributed by atoms with Gasteiger partial charge in [0.25, 0.3) is 0 Å². The second-order valence-corrected chi connectivity index (χ2v) is 4.58. The molecule has 2 amide bonds. The van der Waals surface area contributed by atoms with E-state index in [2.05, 4.69) is 5.32 Å². The van der Waals surface area contributed by atoms with Crippen LogP contribution in [0.1, 0.15) is 45.4 Å². The van der Waals surface area contributed by atoms with Crippen LogP contribution in [0.5, 0.6) is 0 Å². The first kappa shape index (κ1) is 21.6. The van der Waals surface area contributed by atoms with Crippen molar-refractivity contribution < 1.29 is 19.5 Å². The molecule has 1 atom stereocenters. The molecule has 0 fully saturated rings. The number of carbonyl (C=O) groups excluding carboxylic acids is 2. The van der Waals surface area contributed by atoms with E-state index in [9.17, 15) is 14.4 Å². The molecule has 0 radical (unpaired) electrons. The van der Waals surface area contributed by atoms with Gasteiger partial charge < -0.3 is 27.6 Å². The second kappa shape index (κ2) is 14.7. The predicted molar refractivity (Wildman–Crippen MR) is 80.2 cm³/mol. The van der Waals surface area contributed by atoms with Gasteiger partial charge in [-0.3, -0.25) is 14.4 Å². The maximum absolute atomic E-state index is 10.7. The first-order valence-corrected chi connectivity index (χ1v) is 7.08. The van der Waals surface area contributed by atoms with Crippen LogP contribution in [-0.4, -0.2) is 42.0 Å². The Balaban J connectivity index is 0. The van der Waals surface area contributed by atoms with Gasteiger partial charge in [-0.2, -0.15) is 0 Å². The Bertz CT molecular complexity index is 311. The van der Waals surface area contributed by atoms with Crippen molar-refractivity contribution >= 4 is 17.8 Å². The number of nitrogens with one attached hydrogen (secondary N) is 1. The number of nitrogens with two attached hydrogens (primary N) is 3. The molecule has 8 N–H and O–H groups in total. The van der Waals surface area contributed by atoms with E-state index in [1.54, 1.807) is 0 Å². The van der Waals surface area contributed by atoms with Gasteiger partial charge in [0.05, 0.1) is 0 Å². The molecule has 0 aliphatic rings. The predicted octanol–water partition coefficient (Wildman–Crippen LogP) is -0.695. The zero-order valence-electron chi connectivity index (χ0n) is 12.6. The third-order valence-corrected chi connectivity index (χ3v) is 2.47. The summed E-state index contributed by atoms with van der Waals surface area (Å²) in [5.74, 6) is -1.80. The number of hydrogen-bond donors (Lipinski definition) is 5. The number of carboxylic acid groups (broad SMARTS) is 1. The molecule has 0 bridgehead atoms. The quantitative estimate of drug-likeness (QED) is 0.265.